The summed E-state index contributed by atoms with van der Waals surface area (Å²) in [6.07, 6.45) is 0. The van der Waals surface area contributed by atoms with E-state index in [9.17, 15) is 9.59 Å². The SMILES string of the molecule is COc1cc(OC)cc(C(=O)Nc2ccc(N3CCN(C(=O)C(C)C)CC3)cc2)c1. The fourth-order valence-corrected chi connectivity index (χ4v) is 3.45. The predicted octanol–water partition coefficient (Wildman–Crippen LogP) is 3.26. The summed E-state index contributed by atoms with van der Waals surface area (Å²) < 4.78 is 10.5. The van der Waals surface area contributed by atoms with Crippen LogP contribution in [0.2, 0.25) is 0 Å². The van der Waals surface area contributed by atoms with Gasteiger partial charge in [0, 0.05) is 55.1 Å². The first-order chi connectivity index (χ1) is 14.4. The molecule has 2 aromatic carbocycles. The van der Waals surface area contributed by atoms with Crippen LogP contribution in [0.25, 0.3) is 0 Å². The number of benzene rings is 2. The first-order valence-electron chi connectivity index (χ1n) is 10.1. The smallest absolute Gasteiger partial charge is 0.255 e. The van der Waals surface area contributed by atoms with Crippen LogP contribution in [0, 0.1) is 5.92 Å². The van der Waals surface area contributed by atoms with Crippen molar-refractivity contribution in [1.29, 1.82) is 0 Å². The molecule has 2 aromatic rings. The van der Waals surface area contributed by atoms with Crippen molar-refractivity contribution < 1.29 is 19.1 Å². The number of nitrogens with zero attached hydrogens (tertiary/aromatic N) is 2. The van der Waals surface area contributed by atoms with Gasteiger partial charge in [-0.25, -0.2) is 0 Å². The van der Waals surface area contributed by atoms with Crippen LogP contribution >= 0.6 is 0 Å². The van der Waals surface area contributed by atoms with E-state index < -0.39 is 0 Å². The molecule has 0 atom stereocenters. The summed E-state index contributed by atoms with van der Waals surface area (Å²) >= 11 is 0. The molecule has 3 rings (SSSR count). The summed E-state index contributed by atoms with van der Waals surface area (Å²) in [6, 6.07) is 12.8. The van der Waals surface area contributed by atoms with Gasteiger partial charge < -0.3 is 24.6 Å². The summed E-state index contributed by atoms with van der Waals surface area (Å²) in [6.45, 7) is 6.93. The van der Waals surface area contributed by atoms with Crippen LogP contribution < -0.4 is 19.7 Å². The zero-order valence-corrected chi connectivity index (χ0v) is 18.0. The third kappa shape index (κ3) is 5.03. The van der Waals surface area contributed by atoms with Gasteiger partial charge in [-0.05, 0) is 36.4 Å². The van der Waals surface area contributed by atoms with Gasteiger partial charge in [0.2, 0.25) is 5.91 Å². The van der Waals surface area contributed by atoms with Crippen LogP contribution in [-0.4, -0.2) is 57.1 Å². The molecule has 1 fully saturated rings. The van der Waals surface area contributed by atoms with E-state index in [1.165, 1.54) is 0 Å². The van der Waals surface area contributed by atoms with Crippen LogP contribution in [0.1, 0.15) is 24.2 Å². The van der Waals surface area contributed by atoms with Gasteiger partial charge in [-0.3, -0.25) is 9.59 Å². The Hall–Kier alpha value is -3.22. The summed E-state index contributed by atoms with van der Waals surface area (Å²) in [5.41, 5.74) is 2.24. The summed E-state index contributed by atoms with van der Waals surface area (Å²) in [5, 5.41) is 2.90. The summed E-state index contributed by atoms with van der Waals surface area (Å²) in [4.78, 5) is 28.9. The van der Waals surface area contributed by atoms with E-state index in [-0.39, 0.29) is 17.7 Å². The Morgan fingerprint density at radius 3 is 1.97 bits per heavy atom. The molecule has 0 aliphatic carbocycles. The molecule has 0 spiro atoms. The van der Waals surface area contributed by atoms with E-state index in [2.05, 4.69) is 10.2 Å². The molecule has 30 heavy (non-hydrogen) atoms. The van der Waals surface area contributed by atoms with E-state index in [1.807, 2.05) is 43.0 Å². The lowest BCUT2D eigenvalue weighted by atomic mass is 10.1. The second-order valence-corrected chi connectivity index (χ2v) is 7.57. The standard InChI is InChI=1S/C23H29N3O4/c1-16(2)23(28)26-11-9-25(10-12-26)19-7-5-18(6-8-19)24-22(27)17-13-20(29-3)15-21(14-17)30-4/h5-8,13-16H,9-12H2,1-4H3,(H,24,27). The number of carbonyl (C=O) groups is 2. The Bertz CT molecular complexity index is 866. The second-order valence-electron chi connectivity index (χ2n) is 7.57. The second kappa shape index (κ2) is 9.52. The van der Waals surface area contributed by atoms with Gasteiger partial charge in [-0.1, -0.05) is 13.8 Å². The molecule has 7 heteroatoms. The van der Waals surface area contributed by atoms with Crippen LogP contribution in [0.4, 0.5) is 11.4 Å². The van der Waals surface area contributed by atoms with E-state index in [4.69, 9.17) is 9.47 Å². The summed E-state index contributed by atoms with van der Waals surface area (Å²) in [7, 11) is 3.10. The normalized spacial score (nSPS) is 13.9. The average Bonchev–Trinajstić information content (AvgIpc) is 2.78. The molecule has 0 aromatic heterocycles. The van der Waals surface area contributed by atoms with Crippen molar-refractivity contribution in [1.82, 2.24) is 4.90 Å². The number of rotatable bonds is 6. The van der Waals surface area contributed by atoms with Gasteiger partial charge in [-0.15, -0.1) is 0 Å². The minimum absolute atomic E-state index is 0.0315. The monoisotopic (exact) mass is 411 g/mol. The molecule has 1 aliphatic heterocycles. The van der Waals surface area contributed by atoms with Crippen molar-refractivity contribution in [2.75, 3.05) is 50.6 Å². The summed E-state index contributed by atoms with van der Waals surface area (Å²) in [5.74, 6) is 1.13. The van der Waals surface area contributed by atoms with Gasteiger partial charge in [0.05, 0.1) is 14.2 Å². The van der Waals surface area contributed by atoms with Crippen LogP contribution in [0.3, 0.4) is 0 Å². The number of hydrogen-bond donors (Lipinski definition) is 1. The minimum Gasteiger partial charge on any atom is -0.497 e. The highest BCUT2D eigenvalue weighted by Crippen LogP contribution is 2.24. The maximum Gasteiger partial charge on any atom is 0.255 e. The third-order valence-electron chi connectivity index (χ3n) is 5.19. The van der Waals surface area contributed by atoms with Crippen molar-refractivity contribution in [3.63, 3.8) is 0 Å². The Labute approximate surface area is 177 Å². The molecule has 1 saturated heterocycles. The zero-order chi connectivity index (χ0) is 21.7. The Morgan fingerprint density at radius 2 is 1.47 bits per heavy atom. The van der Waals surface area contributed by atoms with Crippen LogP contribution in [0.15, 0.2) is 42.5 Å². The number of methoxy groups -OCH3 is 2. The third-order valence-corrected chi connectivity index (χ3v) is 5.19. The van der Waals surface area contributed by atoms with E-state index >= 15 is 0 Å². The lowest BCUT2D eigenvalue weighted by Crippen LogP contribution is -2.49. The van der Waals surface area contributed by atoms with Crippen molar-refractivity contribution in [2.24, 2.45) is 5.92 Å². The highest BCUT2D eigenvalue weighted by molar-refractivity contribution is 6.04. The van der Waals surface area contributed by atoms with E-state index in [0.717, 1.165) is 31.9 Å². The molecule has 0 radical (unpaired) electrons. The number of piperazine rings is 1. The van der Waals surface area contributed by atoms with Gasteiger partial charge >= 0.3 is 0 Å². The number of carbonyl (C=O) groups excluding carboxylic acids is 2. The quantitative estimate of drug-likeness (QED) is 0.790. The molecule has 0 saturated carbocycles. The van der Waals surface area contributed by atoms with E-state index in [0.29, 0.717) is 22.7 Å². The molecule has 1 N–H and O–H groups in total. The lowest BCUT2D eigenvalue weighted by molar-refractivity contribution is -0.134. The van der Waals surface area contributed by atoms with Gasteiger partial charge in [0.25, 0.3) is 5.91 Å². The molecule has 0 bridgehead atoms. The zero-order valence-electron chi connectivity index (χ0n) is 18.0. The fraction of sp³-hybridized carbons (Fsp3) is 0.391. The minimum atomic E-state index is -0.235. The van der Waals surface area contributed by atoms with Gasteiger partial charge in [-0.2, -0.15) is 0 Å². The van der Waals surface area contributed by atoms with Crippen molar-refractivity contribution in [2.45, 2.75) is 13.8 Å². The largest absolute Gasteiger partial charge is 0.497 e. The van der Waals surface area contributed by atoms with Crippen molar-refractivity contribution >= 4 is 23.2 Å². The molecule has 0 unspecified atom stereocenters. The molecule has 1 heterocycles. The lowest BCUT2D eigenvalue weighted by Gasteiger charge is -2.37. The fourth-order valence-electron chi connectivity index (χ4n) is 3.45. The number of anilines is 2. The van der Waals surface area contributed by atoms with E-state index in [1.54, 1.807) is 32.4 Å². The molecule has 1 aliphatic rings. The van der Waals surface area contributed by atoms with Crippen molar-refractivity contribution in [3.05, 3.63) is 48.0 Å². The van der Waals surface area contributed by atoms with Crippen molar-refractivity contribution in [3.8, 4) is 11.5 Å². The predicted molar refractivity (Wildman–Crippen MR) is 118 cm³/mol. The first kappa shape index (κ1) is 21.5. The van der Waals surface area contributed by atoms with Gasteiger partial charge in [0.15, 0.2) is 0 Å². The Morgan fingerprint density at radius 1 is 0.900 bits per heavy atom. The molecular formula is C23H29N3O4. The number of nitrogens with one attached hydrogen (secondary N) is 1. The number of hydrogen-bond acceptors (Lipinski definition) is 5. The maximum absolute atomic E-state index is 12.6. The average molecular weight is 412 g/mol. The Kier molecular flexibility index (Phi) is 6.82. The maximum atomic E-state index is 12.6. The Balaban J connectivity index is 1.61. The topological polar surface area (TPSA) is 71.1 Å². The first-order valence-corrected chi connectivity index (χ1v) is 10.1. The molecule has 7 nitrogen and oxygen atoms in total. The van der Waals surface area contributed by atoms with Gasteiger partial charge in [0.1, 0.15) is 11.5 Å². The highest BCUT2D eigenvalue weighted by atomic mass is 16.5. The molecular weight excluding hydrogens is 382 g/mol. The highest BCUT2D eigenvalue weighted by Gasteiger charge is 2.23. The number of amides is 2. The van der Waals surface area contributed by atoms with Crippen LogP contribution in [-0.2, 0) is 4.79 Å². The van der Waals surface area contributed by atoms with Crippen LogP contribution in [0.5, 0.6) is 11.5 Å². The molecule has 2 amide bonds. The number of ether oxygens (including phenoxy) is 2. The molecule has 160 valence electrons.